The molecule has 1 aliphatic rings. The van der Waals surface area contributed by atoms with Gasteiger partial charge < -0.3 is 9.64 Å². The molecule has 0 spiro atoms. The van der Waals surface area contributed by atoms with Gasteiger partial charge in [0.2, 0.25) is 0 Å². The predicted octanol–water partition coefficient (Wildman–Crippen LogP) is 3.51. The van der Waals surface area contributed by atoms with E-state index in [0.717, 1.165) is 26.0 Å². The van der Waals surface area contributed by atoms with Crippen molar-refractivity contribution in [1.82, 2.24) is 9.88 Å². The van der Waals surface area contributed by atoms with Crippen LogP contribution in [0.15, 0.2) is 12.1 Å². The van der Waals surface area contributed by atoms with Gasteiger partial charge in [0.1, 0.15) is 0 Å². The first-order chi connectivity index (χ1) is 9.11. The highest BCUT2D eigenvalue weighted by Gasteiger charge is 2.22. The van der Waals surface area contributed by atoms with Crippen LogP contribution in [0.25, 0.3) is 0 Å². The highest BCUT2D eigenvalue weighted by atomic mass is 16.5. The average Bonchev–Trinajstić information content (AvgIpc) is 2.90. The molecular formula is C16H26N2O. The summed E-state index contributed by atoms with van der Waals surface area (Å²) in [7, 11) is 4.19. The Kier molecular flexibility index (Phi) is 4.94. The fourth-order valence-corrected chi connectivity index (χ4v) is 2.55. The fourth-order valence-electron chi connectivity index (χ4n) is 2.55. The van der Waals surface area contributed by atoms with E-state index >= 15 is 0 Å². The Bertz CT molecular complexity index is 411. The van der Waals surface area contributed by atoms with E-state index in [0.29, 0.717) is 5.92 Å². The molecular weight excluding hydrogens is 236 g/mol. The number of hydrogen-bond acceptors (Lipinski definition) is 3. The number of hydrogen-bond donors (Lipinski definition) is 0. The van der Waals surface area contributed by atoms with E-state index in [-0.39, 0.29) is 6.10 Å². The van der Waals surface area contributed by atoms with E-state index in [1.165, 1.54) is 23.4 Å². The Balaban J connectivity index is 2.30. The molecule has 0 aromatic carbocycles. The minimum atomic E-state index is 0.258. The van der Waals surface area contributed by atoms with Crippen molar-refractivity contribution in [2.45, 2.75) is 51.7 Å². The second-order valence-electron chi connectivity index (χ2n) is 5.82. The maximum absolute atomic E-state index is 5.83. The molecule has 3 nitrogen and oxygen atoms in total. The van der Waals surface area contributed by atoms with Crippen molar-refractivity contribution in [2.75, 3.05) is 20.7 Å². The molecule has 2 atom stereocenters. The molecule has 1 aromatic rings. The van der Waals surface area contributed by atoms with E-state index in [2.05, 4.69) is 45.0 Å². The lowest BCUT2D eigenvalue weighted by molar-refractivity contribution is 0.110. The van der Waals surface area contributed by atoms with Crippen LogP contribution in [0.2, 0.25) is 0 Å². The zero-order valence-electron chi connectivity index (χ0n) is 12.6. The number of nitrogens with zero attached hydrogens (tertiary/aromatic N) is 2. The number of aromatic nitrogens is 1. The first-order valence-electron chi connectivity index (χ1n) is 7.37. The number of rotatable bonds is 5. The molecule has 1 fully saturated rings. The molecule has 0 aliphatic carbocycles. The summed E-state index contributed by atoms with van der Waals surface area (Å²) in [4.78, 5) is 7.09. The van der Waals surface area contributed by atoms with Crippen molar-refractivity contribution in [3.8, 4) is 0 Å². The van der Waals surface area contributed by atoms with E-state index < -0.39 is 0 Å². The SMILES string of the molecule is CCC(C)c1ccc([C@@H]2CCCO2)c(CN(C)C)n1. The Morgan fingerprint density at radius 2 is 2.21 bits per heavy atom. The fraction of sp³-hybridized carbons (Fsp3) is 0.688. The third-order valence-electron chi connectivity index (χ3n) is 3.89. The van der Waals surface area contributed by atoms with Gasteiger partial charge in [-0.15, -0.1) is 0 Å². The van der Waals surface area contributed by atoms with Gasteiger partial charge in [0, 0.05) is 24.4 Å². The van der Waals surface area contributed by atoms with Gasteiger partial charge >= 0.3 is 0 Å². The summed E-state index contributed by atoms with van der Waals surface area (Å²) < 4.78 is 5.83. The van der Waals surface area contributed by atoms with Crippen LogP contribution in [-0.4, -0.2) is 30.6 Å². The van der Waals surface area contributed by atoms with Gasteiger partial charge in [0.25, 0.3) is 0 Å². The van der Waals surface area contributed by atoms with Crippen molar-refractivity contribution < 1.29 is 4.74 Å². The van der Waals surface area contributed by atoms with Gasteiger partial charge in [0.15, 0.2) is 0 Å². The van der Waals surface area contributed by atoms with Crippen LogP contribution >= 0.6 is 0 Å². The lowest BCUT2D eigenvalue weighted by Gasteiger charge is -2.19. The molecule has 19 heavy (non-hydrogen) atoms. The molecule has 2 heterocycles. The summed E-state index contributed by atoms with van der Waals surface area (Å²) in [5.41, 5.74) is 3.69. The van der Waals surface area contributed by atoms with E-state index in [1.807, 2.05) is 0 Å². The first kappa shape index (κ1) is 14.5. The first-order valence-corrected chi connectivity index (χ1v) is 7.37. The van der Waals surface area contributed by atoms with Crippen LogP contribution < -0.4 is 0 Å². The Morgan fingerprint density at radius 3 is 2.79 bits per heavy atom. The molecule has 3 heteroatoms. The summed E-state index contributed by atoms with van der Waals surface area (Å²) >= 11 is 0. The second-order valence-corrected chi connectivity index (χ2v) is 5.82. The van der Waals surface area contributed by atoms with Gasteiger partial charge in [-0.3, -0.25) is 4.98 Å². The van der Waals surface area contributed by atoms with Crippen molar-refractivity contribution in [2.24, 2.45) is 0 Å². The highest BCUT2D eigenvalue weighted by Crippen LogP contribution is 2.31. The number of ether oxygens (including phenoxy) is 1. The Morgan fingerprint density at radius 1 is 1.42 bits per heavy atom. The second kappa shape index (κ2) is 6.49. The molecule has 2 rings (SSSR count). The molecule has 1 aromatic heterocycles. The van der Waals surface area contributed by atoms with Gasteiger partial charge in [-0.1, -0.05) is 19.9 Å². The molecule has 0 radical (unpaired) electrons. The summed E-state index contributed by atoms with van der Waals surface area (Å²) in [5.74, 6) is 0.527. The van der Waals surface area contributed by atoms with Gasteiger partial charge in [0.05, 0.1) is 11.8 Å². The minimum absolute atomic E-state index is 0.258. The monoisotopic (exact) mass is 262 g/mol. The lowest BCUT2D eigenvalue weighted by Crippen LogP contribution is -2.16. The van der Waals surface area contributed by atoms with Crippen molar-refractivity contribution in [3.63, 3.8) is 0 Å². The third kappa shape index (κ3) is 3.54. The Labute approximate surface area is 117 Å². The largest absolute Gasteiger partial charge is 0.373 e. The maximum Gasteiger partial charge on any atom is 0.0843 e. The molecule has 1 unspecified atom stereocenters. The van der Waals surface area contributed by atoms with Gasteiger partial charge in [-0.2, -0.15) is 0 Å². The molecule has 1 saturated heterocycles. The van der Waals surface area contributed by atoms with Crippen LogP contribution in [0.3, 0.4) is 0 Å². The third-order valence-corrected chi connectivity index (χ3v) is 3.89. The standard InChI is InChI=1S/C16H26N2O/c1-5-12(2)14-9-8-13(16-7-6-10-19-16)15(17-14)11-18(3)4/h8-9,12,16H,5-7,10-11H2,1-4H3/t12?,16-/m0/s1. The number of pyridine rings is 1. The molecule has 1 aliphatic heterocycles. The van der Waals surface area contributed by atoms with E-state index in [4.69, 9.17) is 9.72 Å². The zero-order chi connectivity index (χ0) is 13.8. The topological polar surface area (TPSA) is 25.4 Å². The normalized spacial score (nSPS) is 21.0. The van der Waals surface area contributed by atoms with Crippen LogP contribution in [0.4, 0.5) is 0 Å². The quantitative estimate of drug-likeness (QED) is 0.812. The van der Waals surface area contributed by atoms with E-state index in [9.17, 15) is 0 Å². The van der Waals surface area contributed by atoms with E-state index in [1.54, 1.807) is 0 Å². The molecule has 0 saturated carbocycles. The van der Waals surface area contributed by atoms with Crippen LogP contribution in [0.1, 0.15) is 62.1 Å². The summed E-state index contributed by atoms with van der Waals surface area (Å²) in [6, 6.07) is 4.42. The molecule has 0 amide bonds. The van der Waals surface area contributed by atoms with Gasteiger partial charge in [-0.05, 0) is 45.3 Å². The highest BCUT2D eigenvalue weighted by molar-refractivity contribution is 5.27. The summed E-state index contributed by atoms with van der Waals surface area (Å²) in [5, 5.41) is 0. The summed E-state index contributed by atoms with van der Waals surface area (Å²) in [6.07, 6.45) is 3.69. The molecule has 0 N–H and O–H groups in total. The minimum Gasteiger partial charge on any atom is -0.373 e. The Hall–Kier alpha value is -0.930. The van der Waals surface area contributed by atoms with Gasteiger partial charge in [-0.25, -0.2) is 0 Å². The van der Waals surface area contributed by atoms with Crippen molar-refractivity contribution in [1.29, 1.82) is 0 Å². The average molecular weight is 262 g/mol. The molecule has 0 bridgehead atoms. The van der Waals surface area contributed by atoms with Crippen LogP contribution in [0, 0.1) is 0 Å². The van der Waals surface area contributed by atoms with Crippen molar-refractivity contribution >= 4 is 0 Å². The van der Waals surface area contributed by atoms with Crippen LogP contribution in [0.5, 0.6) is 0 Å². The lowest BCUT2D eigenvalue weighted by atomic mass is 9.99. The summed E-state index contributed by atoms with van der Waals surface area (Å²) in [6.45, 7) is 6.23. The smallest absolute Gasteiger partial charge is 0.0843 e. The maximum atomic E-state index is 5.83. The van der Waals surface area contributed by atoms with Crippen LogP contribution in [-0.2, 0) is 11.3 Å². The predicted molar refractivity (Wildman–Crippen MR) is 78.3 cm³/mol. The van der Waals surface area contributed by atoms with Crippen molar-refractivity contribution in [3.05, 3.63) is 29.1 Å². The zero-order valence-corrected chi connectivity index (χ0v) is 12.6. The molecule has 106 valence electrons.